The van der Waals surface area contributed by atoms with Gasteiger partial charge in [-0.3, -0.25) is 0 Å². The SMILES string of the molecule is C=C1N=C(O[Si](C)(c2ccccc2)c2ccccc2)CS1. The molecule has 0 fully saturated rings. The first-order valence-corrected chi connectivity index (χ1v) is 10.3. The Hall–Kier alpha value is -1.78. The van der Waals surface area contributed by atoms with Crippen molar-refractivity contribution in [1.29, 1.82) is 0 Å². The van der Waals surface area contributed by atoms with Crippen molar-refractivity contribution >= 4 is 36.4 Å². The van der Waals surface area contributed by atoms with Gasteiger partial charge < -0.3 is 4.43 Å². The Bertz CT molecular complexity index is 630. The zero-order chi connectivity index (χ0) is 14.7. The first kappa shape index (κ1) is 14.2. The molecule has 0 saturated heterocycles. The number of aliphatic imine (C=N–C) groups is 1. The second-order valence-corrected chi connectivity index (χ2v) is 9.53. The molecule has 1 heterocycles. The van der Waals surface area contributed by atoms with Crippen molar-refractivity contribution in [3.63, 3.8) is 0 Å². The van der Waals surface area contributed by atoms with Crippen LogP contribution in [0.15, 0.2) is 77.3 Å². The number of hydrogen-bond acceptors (Lipinski definition) is 3. The molecule has 0 N–H and O–H groups in total. The fourth-order valence-electron chi connectivity index (χ4n) is 2.43. The summed E-state index contributed by atoms with van der Waals surface area (Å²) >= 11 is 1.64. The van der Waals surface area contributed by atoms with Crippen LogP contribution in [0.5, 0.6) is 0 Å². The van der Waals surface area contributed by atoms with Crippen molar-refractivity contribution in [2.45, 2.75) is 6.55 Å². The van der Waals surface area contributed by atoms with Crippen LogP contribution in [-0.4, -0.2) is 20.0 Å². The van der Waals surface area contributed by atoms with E-state index in [-0.39, 0.29) is 0 Å². The molecule has 0 aromatic heterocycles. The Morgan fingerprint density at radius 3 is 1.95 bits per heavy atom. The third-order valence-corrected chi connectivity index (χ3v) is 7.91. The molecular weight excluding hydrogens is 294 g/mol. The molecule has 4 heteroatoms. The lowest BCUT2D eigenvalue weighted by atomic mass is 10.4. The summed E-state index contributed by atoms with van der Waals surface area (Å²) in [7, 11) is -2.28. The lowest BCUT2D eigenvalue weighted by Gasteiger charge is -2.28. The smallest absolute Gasteiger partial charge is 0.313 e. The Labute approximate surface area is 130 Å². The molecule has 2 aromatic rings. The van der Waals surface area contributed by atoms with E-state index in [1.807, 2.05) is 12.1 Å². The molecule has 0 bridgehead atoms. The van der Waals surface area contributed by atoms with Gasteiger partial charge in [0.25, 0.3) is 0 Å². The average molecular weight is 311 g/mol. The molecule has 0 aliphatic carbocycles. The Kier molecular flexibility index (Phi) is 3.99. The van der Waals surface area contributed by atoms with Gasteiger partial charge >= 0.3 is 8.32 Å². The molecule has 0 radical (unpaired) electrons. The van der Waals surface area contributed by atoms with Crippen LogP contribution in [0.25, 0.3) is 0 Å². The van der Waals surface area contributed by atoms with Crippen LogP contribution in [0.2, 0.25) is 6.55 Å². The van der Waals surface area contributed by atoms with Crippen LogP contribution in [-0.2, 0) is 4.43 Å². The molecule has 1 aliphatic heterocycles. The molecule has 21 heavy (non-hydrogen) atoms. The molecule has 0 unspecified atom stereocenters. The maximum Gasteiger partial charge on any atom is 0.313 e. The standard InChI is InChI=1S/C17H17NOSSi/c1-14-18-17(13-20-14)19-21(2,15-9-5-3-6-10-15)16-11-7-4-8-12-16/h3-12H,1,13H2,2H3. The van der Waals surface area contributed by atoms with Crippen LogP contribution < -0.4 is 10.4 Å². The predicted octanol–water partition coefficient (Wildman–Crippen LogP) is 3.01. The van der Waals surface area contributed by atoms with Crippen LogP contribution in [0, 0.1) is 0 Å². The fraction of sp³-hybridized carbons (Fsp3) is 0.118. The second kappa shape index (κ2) is 5.91. The minimum atomic E-state index is -2.28. The molecule has 0 amide bonds. The zero-order valence-electron chi connectivity index (χ0n) is 12.0. The van der Waals surface area contributed by atoms with Crippen molar-refractivity contribution in [2.75, 3.05) is 5.75 Å². The van der Waals surface area contributed by atoms with Crippen molar-refractivity contribution in [2.24, 2.45) is 4.99 Å². The maximum atomic E-state index is 6.45. The van der Waals surface area contributed by atoms with Gasteiger partial charge in [0.2, 0.25) is 0 Å². The topological polar surface area (TPSA) is 21.6 Å². The minimum Gasteiger partial charge on any atom is -0.524 e. The second-order valence-electron chi connectivity index (χ2n) is 5.06. The van der Waals surface area contributed by atoms with E-state index in [9.17, 15) is 0 Å². The third-order valence-electron chi connectivity index (χ3n) is 3.58. The Morgan fingerprint density at radius 2 is 1.52 bits per heavy atom. The van der Waals surface area contributed by atoms with E-state index in [0.29, 0.717) is 0 Å². The average Bonchev–Trinajstić information content (AvgIpc) is 2.94. The van der Waals surface area contributed by atoms with Crippen molar-refractivity contribution in [3.05, 3.63) is 72.3 Å². The van der Waals surface area contributed by atoms with Gasteiger partial charge in [-0.05, 0) is 16.9 Å². The summed E-state index contributed by atoms with van der Waals surface area (Å²) in [6.45, 7) is 6.12. The summed E-state index contributed by atoms with van der Waals surface area (Å²) < 4.78 is 6.45. The quantitative estimate of drug-likeness (QED) is 0.813. The van der Waals surface area contributed by atoms with Gasteiger partial charge in [0, 0.05) is 0 Å². The van der Waals surface area contributed by atoms with E-state index in [0.717, 1.165) is 16.7 Å². The monoisotopic (exact) mass is 311 g/mol. The number of nitrogens with zero attached hydrogens (tertiary/aromatic N) is 1. The molecule has 0 atom stereocenters. The van der Waals surface area contributed by atoms with Crippen LogP contribution in [0.1, 0.15) is 0 Å². The number of benzene rings is 2. The summed E-state index contributed by atoms with van der Waals surface area (Å²) in [4.78, 5) is 4.42. The van der Waals surface area contributed by atoms with Gasteiger partial charge in [0.15, 0.2) is 5.90 Å². The zero-order valence-corrected chi connectivity index (χ0v) is 13.8. The minimum absolute atomic E-state index is 0.779. The van der Waals surface area contributed by atoms with Gasteiger partial charge in [-0.1, -0.05) is 79.0 Å². The highest BCUT2D eigenvalue weighted by Crippen LogP contribution is 2.24. The third kappa shape index (κ3) is 2.96. The summed E-state index contributed by atoms with van der Waals surface area (Å²) in [5.74, 6) is 1.58. The van der Waals surface area contributed by atoms with Gasteiger partial charge in [0.1, 0.15) is 0 Å². The predicted molar refractivity (Wildman–Crippen MR) is 93.9 cm³/mol. The molecule has 106 valence electrons. The molecule has 0 spiro atoms. The number of thioether (sulfide) groups is 1. The van der Waals surface area contributed by atoms with Crippen molar-refractivity contribution in [1.82, 2.24) is 0 Å². The first-order valence-electron chi connectivity index (χ1n) is 6.88. The molecule has 1 aliphatic rings. The van der Waals surface area contributed by atoms with Crippen LogP contribution in [0.4, 0.5) is 0 Å². The lowest BCUT2D eigenvalue weighted by molar-refractivity contribution is 0.564. The van der Waals surface area contributed by atoms with Crippen LogP contribution >= 0.6 is 11.8 Å². The van der Waals surface area contributed by atoms with E-state index >= 15 is 0 Å². The largest absolute Gasteiger partial charge is 0.524 e. The van der Waals surface area contributed by atoms with E-state index < -0.39 is 8.32 Å². The van der Waals surface area contributed by atoms with Gasteiger partial charge in [-0.25, -0.2) is 4.99 Å². The molecular formula is C17H17NOSSi. The lowest BCUT2D eigenvalue weighted by Crippen LogP contribution is -2.59. The Morgan fingerprint density at radius 1 is 1.00 bits per heavy atom. The van der Waals surface area contributed by atoms with Crippen LogP contribution in [0.3, 0.4) is 0 Å². The maximum absolute atomic E-state index is 6.45. The van der Waals surface area contributed by atoms with Gasteiger partial charge in [0.05, 0.1) is 10.8 Å². The highest BCUT2D eigenvalue weighted by molar-refractivity contribution is 8.04. The normalized spacial score (nSPS) is 14.9. The summed E-state index contributed by atoms with van der Waals surface area (Å²) in [5, 5.41) is 3.34. The molecule has 2 aromatic carbocycles. The molecule has 0 saturated carbocycles. The van der Waals surface area contributed by atoms with Crippen molar-refractivity contribution in [3.8, 4) is 0 Å². The summed E-state index contributed by atoms with van der Waals surface area (Å²) in [6, 6.07) is 20.9. The molecule has 2 nitrogen and oxygen atoms in total. The first-order chi connectivity index (χ1) is 10.2. The van der Waals surface area contributed by atoms with E-state index in [1.54, 1.807) is 11.8 Å². The number of rotatable bonds is 3. The van der Waals surface area contributed by atoms with E-state index in [4.69, 9.17) is 4.43 Å². The summed E-state index contributed by atoms with van der Waals surface area (Å²) in [5.41, 5.74) is 0. The van der Waals surface area contributed by atoms with Gasteiger partial charge in [-0.2, -0.15) is 0 Å². The fourth-order valence-corrected chi connectivity index (χ4v) is 5.93. The van der Waals surface area contributed by atoms with E-state index in [1.165, 1.54) is 10.4 Å². The highest BCUT2D eigenvalue weighted by Gasteiger charge is 2.37. The van der Waals surface area contributed by atoms with Gasteiger partial charge in [-0.15, -0.1) is 0 Å². The number of hydrogen-bond donors (Lipinski definition) is 0. The van der Waals surface area contributed by atoms with Crippen molar-refractivity contribution < 1.29 is 4.43 Å². The highest BCUT2D eigenvalue weighted by atomic mass is 32.2. The Balaban J connectivity index is 2.03. The van der Waals surface area contributed by atoms with E-state index in [2.05, 4.69) is 66.6 Å². The molecule has 3 rings (SSSR count). The summed E-state index contributed by atoms with van der Waals surface area (Å²) in [6.07, 6.45) is 0.